The molecule has 106 valence electrons. The number of hydrogen-bond donors (Lipinski definition) is 3. The highest BCUT2D eigenvalue weighted by molar-refractivity contribution is 7.10. The van der Waals surface area contributed by atoms with Crippen molar-refractivity contribution in [1.82, 2.24) is 10.6 Å². The van der Waals surface area contributed by atoms with E-state index in [0.29, 0.717) is 6.54 Å². The van der Waals surface area contributed by atoms with Crippen molar-refractivity contribution >= 4 is 23.3 Å². The summed E-state index contributed by atoms with van der Waals surface area (Å²) in [5.74, 6) is -0.0664. The average molecular weight is 283 g/mol. The van der Waals surface area contributed by atoms with Gasteiger partial charge in [0.05, 0.1) is 12.5 Å². The van der Waals surface area contributed by atoms with E-state index in [2.05, 4.69) is 17.6 Å². The normalized spacial score (nSPS) is 11.8. The lowest BCUT2D eigenvalue weighted by atomic mass is 10.1. The van der Waals surface area contributed by atoms with Crippen molar-refractivity contribution in [2.75, 3.05) is 6.54 Å². The minimum atomic E-state index is -0.614. The highest BCUT2D eigenvalue weighted by atomic mass is 32.1. The zero-order chi connectivity index (χ0) is 14.1. The van der Waals surface area contributed by atoms with E-state index in [-0.39, 0.29) is 18.4 Å². The Bertz CT molecular complexity index is 393. The van der Waals surface area contributed by atoms with Gasteiger partial charge in [0.1, 0.15) is 0 Å². The fraction of sp³-hybridized carbons (Fsp3) is 0.538. The zero-order valence-corrected chi connectivity index (χ0v) is 12.0. The van der Waals surface area contributed by atoms with Gasteiger partial charge in [-0.25, -0.2) is 4.79 Å². The molecule has 0 saturated heterocycles. The van der Waals surface area contributed by atoms with Crippen molar-refractivity contribution in [3.63, 3.8) is 0 Å². The van der Waals surface area contributed by atoms with Crippen LogP contribution in [0, 0.1) is 0 Å². The number of carbonyl (C=O) groups excluding carboxylic acids is 2. The zero-order valence-electron chi connectivity index (χ0n) is 11.1. The Morgan fingerprint density at radius 3 is 2.79 bits per heavy atom. The topological polar surface area (TPSA) is 84.2 Å². The van der Waals surface area contributed by atoms with Crippen molar-refractivity contribution < 1.29 is 9.59 Å². The highest BCUT2D eigenvalue weighted by Gasteiger charge is 2.17. The molecule has 1 atom stereocenters. The Hall–Kier alpha value is -1.56. The molecule has 0 aliphatic heterocycles. The summed E-state index contributed by atoms with van der Waals surface area (Å²) >= 11 is 1.50. The number of nitrogens with two attached hydrogens (primary N) is 1. The molecule has 3 amide bonds. The molecule has 6 heteroatoms. The number of nitrogens with one attached hydrogen (secondary N) is 2. The summed E-state index contributed by atoms with van der Waals surface area (Å²) in [7, 11) is 0. The van der Waals surface area contributed by atoms with Crippen LogP contribution in [-0.4, -0.2) is 18.5 Å². The van der Waals surface area contributed by atoms with Crippen LogP contribution in [0.3, 0.4) is 0 Å². The Morgan fingerprint density at radius 2 is 2.21 bits per heavy atom. The van der Waals surface area contributed by atoms with Crippen LogP contribution in [0.5, 0.6) is 0 Å². The quantitative estimate of drug-likeness (QED) is 0.639. The van der Waals surface area contributed by atoms with Crippen LogP contribution >= 0.6 is 11.3 Å². The van der Waals surface area contributed by atoms with Crippen molar-refractivity contribution in [3.05, 3.63) is 22.4 Å². The second-order valence-corrected chi connectivity index (χ2v) is 5.32. The largest absolute Gasteiger partial charge is 0.356 e. The number of primary amides is 1. The van der Waals surface area contributed by atoms with Gasteiger partial charge in [-0.3, -0.25) is 4.79 Å². The third-order valence-electron chi connectivity index (χ3n) is 2.70. The summed E-state index contributed by atoms with van der Waals surface area (Å²) < 4.78 is 0. The van der Waals surface area contributed by atoms with Crippen LogP contribution in [0.1, 0.15) is 43.5 Å². The molecule has 1 unspecified atom stereocenters. The monoisotopic (exact) mass is 283 g/mol. The third-order valence-corrected chi connectivity index (χ3v) is 3.68. The van der Waals surface area contributed by atoms with E-state index < -0.39 is 6.03 Å². The molecule has 0 radical (unpaired) electrons. The van der Waals surface area contributed by atoms with Gasteiger partial charge in [-0.15, -0.1) is 11.3 Å². The minimum absolute atomic E-state index is 0.0664. The smallest absolute Gasteiger partial charge is 0.312 e. The first-order chi connectivity index (χ1) is 9.13. The standard InChI is InChI=1S/C13H21N3O2S/c1-2-3-4-7-15-12(17)9-10(16-13(14)18)11-6-5-8-19-11/h5-6,8,10H,2-4,7,9H2,1H3,(H,15,17)(H3,14,16,18). The molecule has 1 rings (SSSR count). The predicted molar refractivity (Wildman–Crippen MR) is 76.9 cm³/mol. The molecule has 0 bridgehead atoms. The molecule has 19 heavy (non-hydrogen) atoms. The van der Waals surface area contributed by atoms with Crippen LogP contribution < -0.4 is 16.4 Å². The van der Waals surface area contributed by atoms with Crippen LogP contribution in [0.25, 0.3) is 0 Å². The summed E-state index contributed by atoms with van der Waals surface area (Å²) in [5, 5.41) is 7.37. The molecular weight excluding hydrogens is 262 g/mol. The maximum Gasteiger partial charge on any atom is 0.312 e. The first-order valence-corrected chi connectivity index (χ1v) is 7.37. The SMILES string of the molecule is CCCCCNC(=O)CC(NC(N)=O)c1cccs1. The van der Waals surface area contributed by atoms with Gasteiger partial charge in [0.25, 0.3) is 0 Å². The molecule has 1 heterocycles. The van der Waals surface area contributed by atoms with Crippen LogP contribution in [-0.2, 0) is 4.79 Å². The Balaban J connectivity index is 2.44. The molecule has 0 saturated carbocycles. The molecule has 0 aliphatic carbocycles. The van der Waals surface area contributed by atoms with Crippen LogP contribution in [0.2, 0.25) is 0 Å². The van der Waals surface area contributed by atoms with Gasteiger partial charge in [-0.05, 0) is 17.9 Å². The second-order valence-electron chi connectivity index (χ2n) is 4.34. The van der Waals surface area contributed by atoms with Crippen LogP contribution in [0.15, 0.2) is 17.5 Å². The van der Waals surface area contributed by atoms with Gasteiger partial charge in [0.2, 0.25) is 5.91 Å². The summed E-state index contributed by atoms with van der Waals surface area (Å²) in [5.41, 5.74) is 5.14. The van der Waals surface area contributed by atoms with Gasteiger partial charge >= 0.3 is 6.03 Å². The number of carbonyl (C=O) groups is 2. The molecule has 4 N–H and O–H groups in total. The van der Waals surface area contributed by atoms with Crippen molar-refractivity contribution in [1.29, 1.82) is 0 Å². The van der Waals surface area contributed by atoms with E-state index in [9.17, 15) is 9.59 Å². The number of hydrogen-bond acceptors (Lipinski definition) is 3. The second kappa shape index (κ2) is 8.53. The highest BCUT2D eigenvalue weighted by Crippen LogP contribution is 2.21. The van der Waals surface area contributed by atoms with Gasteiger partial charge in [0.15, 0.2) is 0 Å². The number of unbranched alkanes of at least 4 members (excludes halogenated alkanes) is 2. The van der Waals surface area contributed by atoms with E-state index >= 15 is 0 Å². The van der Waals surface area contributed by atoms with E-state index in [4.69, 9.17) is 5.73 Å². The number of rotatable bonds is 8. The fourth-order valence-electron chi connectivity index (χ4n) is 1.74. The van der Waals surface area contributed by atoms with E-state index in [1.54, 1.807) is 0 Å². The van der Waals surface area contributed by atoms with Crippen molar-refractivity contribution in [2.45, 2.75) is 38.6 Å². The van der Waals surface area contributed by atoms with Gasteiger partial charge in [-0.2, -0.15) is 0 Å². The molecule has 1 aromatic heterocycles. The van der Waals surface area contributed by atoms with Gasteiger partial charge in [0, 0.05) is 11.4 Å². The summed E-state index contributed by atoms with van der Waals surface area (Å²) in [6.45, 7) is 2.80. The van der Waals surface area contributed by atoms with E-state index in [1.807, 2.05) is 17.5 Å². The average Bonchev–Trinajstić information content (AvgIpc) is 2.87. The lowest BCUT2D eigenvalue weighted by molar-refractivity contribution is -0.121. The number of thiophene rings is 1. The number of urea groups is 1. The predicted octanol–water partition coefficient (Wildman–Crippen LogP) is 2.15. The molecule has 1 aromatic rings. The summed E-state index contributed by atoms with van der Waals surface area (Å²) in [6, 6.07) is 2.81. The maximum atomic E-state index is 11.8. The molecule has 0 spiro atoms. The minimum Gasteiger partial charge on any atom is -0.356 e. The summed E-state index contributed by atoms with van der Waals surface area (Å²) in [4.78, 5) is 23.7. The molecule has 5 nitrogen and oxygen atoms in total. The van der Waals surface area contributed by atoms with E-state index in [0.717, 1.165) is 24.1 Å². The fourth-order valence-corrected chi connectivity index (χ4v) is 2.52. The Morgan fingerprint density at radius 1 is 1.42 bits per heavy atom. The first kappa shape index (κ1) is 15.5. The van der Waals surface area contributed by atoms with Gasteiger partial charge in [-0.1, -0.05) is 25.8 Å². The Kier molecular flexibility index (Phi) is 6.95. The van der Waals surface area contributed by atoms with Crippen molar-refractivity contribution in [3.8, 4) is 0 Å². The molecule has 0 fully saturated rings. The molecule has 0 aromatic carbocycles. The molecule has 0 aliphatic rings. The van der Waals surface area contributed by atoms with Crippen molar-refractivity contribution in [2.24, 2.45) is 5.73 Å². The van der Waals surface area contributed by atoms with E-state index in [1.165, 1.54) is 11.3 Å². The molecular formula is C13H21N3O2S. The summed E-state index contributed by atoms with van der Waals surface area (Å²) in [6.07, 6.45) is 3.43. The lowest BCUT2D eigenvalue weighted by Gasteiger charge is -2.15. The van der Waals surface area contributed by atoms with Crippen LogP contribution in [0.4, 0.5) is 4.79 Å². The first-order valence-electron chi connectivity index (χ1n) is 6.49. The number of amides is 3. The maximum absolute atomic E-state index is 11.8. The Labute approximate surface area is 117 Å². The third kappa shape index (κ3) is 6.24. The lowest BCUT2D eigenvalue weighted by Crippen LogP contribution is -2.36. The van der Waals surface area contributed by atoms with Gasteiger partial charge < -0.3 is 16.4 Å².